The van der Waals surface area contributed by atoms with Crippen molar-refractivity contribution in [3.63, 3.8) is 0 Å². The maximum atomic E-state index is 10.8. The van der Waals surface area contributed by atoms with Crippen molar-refractivity contribution >= 4 is 10.1 Å². The average Bonchev–Trinajstić information content (AvgIpc) is 2.57. The predicted octanol–water partition coefficient (Wildman–Crippen LogP) is 2.94. The second-order valence-corrected chi connectivity index (χ2v) is 9.72. The third kappa shape index (κ3) is 22.0. The van der Waals surface area contributed by atoms with Gasteiger partial charge in [-0.05, 0) is 19.8 Å². The Morgan fingerprint density at radius 3 is 1.41 bits per heavy atom. The van der Waals surface area contributed by atoms with Gasteiger partial charge in [0.1, 0.15) is 0 Å². The maximum absolute atomic E-state index is 10.8. The van der Waals surface area contributed by atoms with E-state index in [2.05, 4.69) is 6.92 Å². The van der Waals surface area contributed by atoms with E-state index in [-0.39, 0.29) is 57.8 Å². The van der Waals surface area contributed by atoms with Gasteiger partial charge >= 0.3 is 51.4 Å². The second kappa shape index (κ2) is 20.8. The van der Waals surface area contributed by atoms with Gasteiger partial charge in [-0.3, -0.25) is 0 Å². The molecular formula is C21H43KO4S. The summed E-state index contributed by atoms with van der Waals surface area (Å²) in [4.78, 5) is 0. The summed E-state index contributed by atoms with van der Waals surface area (Å²) < 4.78 is 32.4. The van der Waals surface area contributed by atoms with Crippen LogP contribution in [0.5, 0.6) is 0 Å². The third-order valence-corrected chi connectivity index (χ3v) is 6.42. The molecular weight excluding hydrogens is 387 g/mol. The van der Waals surface area contributed by atoms with E-state index < -0.39 is 21.5 Å². The van der Waals surface area contributed by atoms with E-state index >= 15 is 0 Å². The smallest absolute Gasteiger partial charge is 0.748 e. The molecule has 0 bridgehead atoms. The van der Waals surface area contributed by atoms with Crippen LogP contribution in [0.15, 0.2) is 0 Å². The van der Waals surface area contributed by atoms with Gasteiger partial charge in [-0.1, -0.05) is 103 Å². The number of hydrogen-bond acceptors (Lipinski definition) is 4. The minimum Gasteiger partial charge on any atom is -0.748 e. The number of aliphatic hydroxyl groups is 1. The zero-order valence-electron chi connectivity index (χ0n) is 18.3. The first kappa shape index (κ1) is 30.7. The monoisotopic (exact) mass is 430 g/mol. The van der Waals surface area contributed by atoms with Gasteiger partial charge in [-0.25, -0.2) is 8.42 Å². The molecule has 0 aromatic rings. The number of aliphatic hydroxyl groups excluding tert-OH is 1. The number of hydrogen-bond donors (Lipinski definition) is 1. The first-order valence-electron chi connectivity index (χ1n) is 11.0. The van der Waals surface area contributed by atoms with E-state index in [1.54, 1.807) is 0 Å². The predicted molar refractivity (Wildman–Crippen MR) is 109 cm³/mol. The second-order valence-electron chi connectivity index (χ2n) is 7.93. The SMILES string of the molecule is CCCCCCCCCCCCCCCCCC(O)CC(C)S(=O)(=O)[O-].[K+]. The molecule has 0 saturated heterocycles. The minimum absolute atomic E-state index is 0. The molecule has 0 radical (unpaired) electrons. The van der Waals surface area contributed by atoms with Gasteiger partial charge in [0.05, 0.1) is 16.2 Å². The van der Waals surface area contributed by atoms with E-state index in [1.165, 1.54) is 90.4 Å². The van der Waals surface area contributed by atoms with E-state index in [0.717, 1.165) is 12.8 Å². The first-order valence-corrected chi connectivity index (χ1v) is 12.5. The topological polar surface area (TPSA) is 77.4 Å². The minimum atomic E-state index is -4.27. The average molecular weight is 431 g/mol. The standard InChI is InChI=1S/C21H44O4S.K/c1-3-4-5-6-7-8-9-10-11-12-13-14-15-16-17-18-21(22)19-20(2)26(23,24)25;/h20-22H,3-19H2,1-2H3,(H,23,24,25);/q;+1/p-1. The van der Waals surface area contributed by atoms with Crippen molar-refractivity contribution in [2.24, 2.45) is 0 Å². The zero-order chi connectivity index (χ0) is 19.7. The maximum Gasteiger partial charge on any atom is 1.00 e. The van der Waals surface area contributed by atoms with Crippen molar-refractivity contribution < 1.29 is 69.5 Å². The molecule has 0 spiro atoms. The Bertz CT molecular complexity index is 401. The molecule has 0 fully saturated rings. The molecule has 6 heteroatoms. The Morgan fingerprint density at radius 1 is 0.741 bits per heavy atom. The molecule has 2 atom stereocenters. The van der Waals surface area contributed by atoms with Crippen LogP contribution < -0.4 is 51.4 Å². The summed E-state index contributed by atoms with van der Waals surface area (Å²) in [5, 5.41) is 8.79. The number of unbranched alkanes of at least 4 members (excludes halogenated alkanes) is 14. The number of rotatable bonds is 19. The van der Waals surface area contributed by atoms with Crippen molar-refractivity contribution in [2.75, 3.05) is 0 Å². The Labute approximate surface area is 211 Å². The van der Waals surface area contributed by atoms with Crippen LogP contribution in [0.2, 0.25) is 0 Å². The van der Waals surface area contributed by atoms with Crippen LogP contribution in [0.1, 0.15) is 123 Å². The van der Waals surface area contributed by atoms with Gasteiger partial charge in [0.15, 0.2) is 0 Å². The van der Waals surface area contributed by atoms with Crippen LogP contribution in [0.4, 0.5) is 0 Å². The fourth-order valence-corrected chi connectivity index (χ4v) is 3.83. The fraction of sp³-hybridized carbons (Fsp3) is 1.00. The Kier molecular flexibility index (Phi) is 23.6. The molecule has 158 valence electrons. The molecule has 1 N–H and O–H groups in total. The molecule has 0 aromatic heterocycles. The Balaban J connectivity index is 0. The van der Waals surface area contributed by atoms with Crippen molar-refractivity contribution in [1.29, 1.82) is 0 Å². The van der Waals surface area contributed by atoms with Gasteiger partial charge in [-0.15, -0.1) is 0 Å². The van der Waals surface area contributed by atoms with E-state index in [1.807, 2.05) is 0 Å². The van der Waals surface area contributed by atoms with Gasteiger partial charge < -0.3 is 9.66 Å². The van der Waals surface area contributed by atoms with Gasteiger partial charge in [0.25, 0.3) is 0 Å². The molecule has 0 aliphatic rings. The molecule has 0 aliphatic carbocycles. The summed E-state index contributed by atoms with van der Waals surface area (Å²) in [6.45, 7) is 3.63. The molecule has 0 saturated carbocycles. The molecule has 0 amide bonds. The molecule has 0 rings (SSSR count). The summed E-state index contributed by atoms with van der Waals surface area (Å²) in [6.07, 6.45) is 19.5. The van der Waals surface area contributed by atoms with Crippen LogP contribution in [-0.4, -0.2) is 29.4 Å². The van der Waals surface area contributed by atoms with E-state index in [9.17, 15) is 18.1 Å². The molecule has 2 unspecified atom stereocenters. The van der Waals surface area contributed by atoms with Crippen molar-refractivity contribution in [3.05, 3.63) is 0 Å². The summed E-state index contributed by atoms with van der Waals surface area (Å²) in [5.74, 6) is 0. The fourth-order valence-electron chi connectivity index (χ4n) is 3.37. The van der Waals surface area contributed by atoms with Crippen LogP contribution >= 0.6 is 0 Å². The van der Waals surface area contributed by atoms with Crippen LogP contribution in [0, 0.1) is 0 Å². The Hall–Kier alpha value is 1.51. The molecule has 4 nitrogen and oxygen atoms in total. The van der Waals surface area contributed by atoms with Gasteiger partial charge in [-0.2, -0.15) is 0 Å². The van der Waals surface area contributed by atoms with Crippen molar-refractivity contribution in [3.8, 4) is 0 Å². The first-order chi connectivity index (χ1) is 12.4. The summed E-state index contributed by atoms with van der Waals surface area (Å²) >= 11 is 0. The van der Waals surface area contributed by atoms with Crippen LogP contribution in [0.3, 0.4) is 0 Å². The summed E-state index contributed by atoms with van der Waals surface area (Å²) in [5.41, 5.74) is 0. The normalized spacial score (nSPS) is 13.9. The molecule has 0 aromatic carbocycles. The van der Waals surface area contributed by atoms with Crippen LogP contribution in [0.25, 0.3) is 0 Å². The summed E-state index contributed by atoms with van der Waals surface area (Å²) in [6, 6.07) is 0. The van der Waals surface area contributed by atoms with Crippen molar-refractivity contribution in [1.82, 2.24) is 0 Å². The molecule has 0 aliphatic heterocycles. The van der Waals surface area contributed by atoms with Gasteiger partial charge in [0.2, 0.25) is 0 Å². The summed E-state index contributed by atoms with van der Waals surface area (Å²) in [7, 11) is -4.27. The molecule has 27 heavy (non-hydrogen) atoms. The quantitative estimate of drug-likeness (QED) is 0.194. The largest absolute Gasteiger partial charge is 1.00 e. The van der Waals surface area contributed by atoms with Gasteiger partial charge in [0, 0.05) is 5.25 Å². The van der Waals surface area contributed by atoms with E-state index in [0.29, 0.717) is 6.42 Å². The van der Waals surface area contributed by atoms with E-state index in [4.69, 9.17) is 0 Å². The zero-order valence-corrected chi connectivity index (χ0v) is 22.2. The Morgan fingerprint density at radius 2 is 1.07 bits per heavy atom. The third-order valence-electron chi connectivity index (χ3n) is 5.24. The molecule has 0 heterocycles. The van der Waals surface area contributed by atoms with Crippen LogP contribution in [-0.2, 0) is 10.1 Å². The van der Waals surface area contributed by atoms with Crippen molar-refractivity contribution in [2.45, 2.75) is 134 Å².